The number of amides is 1. The van der Waals surface area contributed by atoms with Crippen LogP contribution in [0.15, 0.2) is 42.5 Å². The van der Waals surface area contributed by atoms with Crippen molar-refractivity contribution in [3.05, 3.63) is 64.7 Å². The summed E-state index contributed by atoms with van der Waals surface area (Å²) in [5, 5.41) is 6.84. The van der Waals surface area contributed by atoms with E-state index in [9.17, 15) is 4.79 Å². The number of aryl methyl sites for hydroxylation is 2. The first-order valence-corrected chi connectivity index (χ1v) is 9.94. The van der Waals surface area contributed by atoms with Crippen LogP contribution < -0.4 is 10.6 Å². The molecule has 2 heterocycles. The van der Waals surface area contributed by atoms with Gasteiger partial charge in [-0.15, -0.1) is 0 Å². The highest BCUT2D eigenvalue weighted by Crippen LogP contribution is 2.33. The zero-order chi connectivity index (χ0) is 18.9. The number of anilines is 1. The van der Waals surface area contributed by atoms with Crippen LogP contribution in [-0.4, -0.2) is 29.4 Å². The van der Waals surface area contributed by atoms with Crippen LogP contribution in [0.25, 0.3) is 0 Å². The van der Waals surface area contributed by atoms with Crippen molar-refractivity contribution < 1.29 is 4.79 Å². The predicted molar refractivity (Wildman–Crippen MR) is 110 cm³/mol. The molecular weight excluding hydrogens is 334 g/mol. The Balaban J connectivity index is 1.47. The minimum Gasteiger partial charge on any atom is -0.379 e. The zero-order valence-electron chi connectivity index (χ0n) is 16.3. The highest BCUT2D eigenvalue weighted by molar-refractivity contribution is 5.79. The second-order valence-corrected chi connectivity index (χ2v) is 8.22. The summed E-state index contributed by atoms with van der Waals surface area (Å²) in [6.45, 7) is 7.96. The number of benzene rings is 2. The highest BCUT2D eigenvalue weighted by Gasteiger charge is 2.37. The van der Waals surface area contributed by atoms with Gasteiger partial charge in [0.15, 0.2) is 0 Å². The molecule has 1 fully saturated rings. The topological polar surface area (TPSA) is 44.4 Å². The Hall–Kier alpha value is -2.33. The van der Waals surface area contributed by atoms with Gasteiger partial charge in [0.2, 0.25) is 5.91 Å². The van der Waals surface area contributed by atoms with Gasteiger partial charge in [0, 0.05) is 43.8 Å². The minimum atomic E-state index is -0.139. The van der Waals surface area contributed by atoms with E-state index >= 15 is 0 Å². The number of hydrogen-bond acceptors (Lipinski definition) is 3. The molecule has 1 spiro atoms. The van der Waals surface area contributed by atoms with E-state index in [4.69, 9.17) is 0 Å². The number of nitrogens with one attached hydrogen (secondary N) is 2. The maximum absolute atomic E-state index is 12.4. The van der Waals surface area contributed by atoms with Crippen molar-refractivity contribution in [3.8, 4) is 0 Å². The number of hydrogen-bond donors (Lipinski definition) is 2. The lowest BCUT2D eigenvalue weighted by atomic mass is 9.82. The van der Waals surface area contributed by atoms with Gasteiger partial charge in [-0.3, -0.25) is 9.69 Å². The van der Waals surface area contributed by atoms with E-state index < -0.39 is 0 Å². The van der Waals surface area contributed by atoms with Crippen molar-refractivity contribution in [1.29, 1.82) is 0 Å². The Labute approximate surface area is 162 Å². The predicted octanol–water partition coefficient (Wildman–Crippen LogP) is 3.77. The van der Waals surface area contributed by atoms with Gasteiger partial charge in [0.25, 0.3) is 0 Å². The van der Waals surface area contributed by atoms with Crippen LogP contribution in [0.5, 0.6) is 0 Å². The summed E-state index contributed by atoms with van der Waals surface area (Å²) in [7, 11) is 0. The molecule has 4 nitrogen and oxygen atoms in total. The van der Waals surface area contributed by atoms with E-state index in [0.29, 0.717) is 13.0 Å². The normalized spacial score (nSPS) is 19.6. The fourth-order valence-corrected chi connectivity index (χ4v) is 4.39. The van der Waals surface area contributed by atoms with Gasteiger partial charge in [-0.2, -0.15) is 0 Å². The van der Waals surface area contributed by atoms with Crippen LogP contribution >= 0.6 is 0 Å². The van der Waals surface area contributed by atoms with Gasteiger partial charge in [-0.25, -0.2) is 0 Å². The average Bonchev–Trinajstić information content (AvgIpc) is 2.64. The number of likely N-dealkylation sites (tertiary alicyclic amines) is 1. The first kappa shape index (κ1) is 18.1. The third-order valence-corrected chi connectivity index (χ3v) is 6.10. The molecule has 1 saturated heterocycles. The summed E-state index contributed by atoms with van der Waals surface area (Å²) in [4.78, 5) is 14.9. The maximum Gasteiger partial charge on any atom is 0.222 e. The first-order valence-electron chi connectivity index (χ1n) is 9.94. The third-order valence-electron chi connectivity index (χ3n) is 6.10. The molecule has 0 bridgehead atoms. The van der Waals surface area contributed by atoms with Crippen LogP contribution in [0.4, 0.5) is 5.69 Å². The number of piperidine rings is 1. The van der Waals surface area contributed by atoms with Crippen molar-refractivity contribution in [2.24, 2.45) is 0 Å². The molecule has 2 aliphatic rings. The summed E-state index contributed by atoms with van der Waals surface area (Å²) in [6.07, 6.45) is 2.53. The van der Waals surface area contributed by atoms with Crippen molar-refractivity contribution >= 4 is 11.6 Å². The summed E-state index contributed by atoms with van der Waals surface area (Å²) in [5.41, 5.74) is 6.29. The molecule has 1 amide bonds. The van der Waals surface area contributed by atoms with Gasteiger partial charge in [-0.05, 0) is 49.4 Å². The van der Waals surface area contributed by atoms with Gasteiger partial charge in [0.1, 0.15) is 0 Å². The lowest BCUT2D eigenvalue weighted by molar-refractivity contribution is -0.122. The molecule has 2 aromatic carbocycles. The van der Waals surface area contributed by atoms with Gasteiger partial charge < -0.3 is 10.6 Å². The number of para-hydroxylation sites is 1. The molecule has 2 N–H and O–H groups in total. The second-order valence-electron chi connectivity index (χ2n) is 8.22. The molecule has 0 saturated carbocycles. The molecule has 0 aromatic heterocycles. The van der Waals surface area contributed by atoms with Gasteiger partial charge in [-0.1, -0.05) is 42.0 Å². The molecule has 142 valence electrons. The molecule has 4 rings (SSSR count). The van der Waals surface area contributed by atoms with E-state index in [0.717, 1.165) is 32.5 Å². The van der Waals surface area contributed by atoms with Crippen molar-refractivity contribution in [3.63, 3.8) is 0 Å². The van der Waals surface area contributed by atoms with Crippen LogP contribution in [0.3, 0.4) is 0 Å². The van der Waals surface area contributed by atoms with Gasteiger partial charge in [0.05, 0.1) is 0 Å². The molecule has 0 atom stereocenters. The number of nitrogens with zero attached hydrogens (tertiary/aromatic N) is 1. The van der Waals surface area contributed by atoms with Crippen LogP contribution in [0.1, 0.15) is 41.5 Å². The molecule has 27 heavy (non-hydrogen) atoms. The monoisotopic (exact) mass is 363 g/mol. The van der Waals surface area contributed by atoms with Gasteiger partial charge >= 0.3 is 0 Å². The van der Waals surface area contributed by atoms with Crippen molar-refractivity contribution in [2.45, 2.75) is 51.7 Å². The fraction of sp³-hybridized carbons (Fsp3) is 0.435. The lowest BCUT2D eigenvalue weighted by Gasteiger charge is -2.44. The minimum absolute atomic E-state index is 0.139. The summed E-state index contributed by atoms with van der Waals surface area (Å²) in [5.74, 6) is 0.153. The Kier molecular flexibility index (Phi) is 4.92. The van der Waals surface area contributed by atoms with Crippen LogP contribution in [-0.2, 0) is 17.9 Å². The fourth-order valence-electron chi connectivity index (χ4n) is 4.39. The summed E-state index contributed by atoms with van der Waals surface area (Å²) in [6, 6.07) is 15.1. The quantitative estimate of drug-likeness (QED) is 0.854. The molecule has 4 heteroatoms. The Morgan fingerprint density at radius 2 is 1.85 bits per heavy atom. The SMILES string of the molecule is Cc1ccc(CN2CCC3(CC2)CC(=O)NCc2ccccc2N3)c(C)c1. The van der Waals surface area contributed by atoms with E-state index in [1.165, 1.54) is 27.9 Å². The number of rotatable bonds is 2. The van der Waals surface area contributed by atoms with Crippen molar-refractivity contribution in [1.82, 2.24) is 10.2 Å². The molecule has 0 radical (unpaired) electrons. The number of fused-ring (bicyclic) bond motifs is 1. The Bertz CT molecular complexity index is 837. The first-order chi connectivity index (χ1) is 13.0. The summed E-state index contributed by atoms with van der Waals surface area (Å²) >= 11 is 0. The van der Waals surface area contributed by atoms with Crippen LogP contribution in [0.2, 0.25) is 0 Å². The number of carbonyl (C=O) groups is 1. The zero-order valence-corrected chi connectivity index (χ0v) is 16.3. The second kappa shape index (κ2) is 7.35. The van der Waals surface area contributed by atoms with Crippen molar-refractivity contribution in [2.75, 3.05) is 18.4 Å². The summed E-state index contributed by atoms with van der Waals surface area (Å²) < 4.78 is 0. The Morgan fingerprint density at radius 3 is 2.63 bits per heavy atom. The van der Waals surface area contributed by atoms with Crippen LogP contribution in [0, 0.1) is 13.8 Å². The van der Waals surface area contributed by atoms with E-state index in [2.05, 4.69) is 65.8 Å². The van der Waals surface area contributed by atoms with E-state index in [1.54, 1.807) is 0 Å². The third kappa shape index (κ3) is 4.01. The van der Waals surface area contributed by atoms with E-state index in [-0.39, 0.29) is 11.4 Å². The lowest BCUT2D eigenvalue weighted by Crippen LogP contribution is -2.52. The van der Waals surface area contributed by atoms with E-state index in [1.807, 2.05) is 6.07 Å². The Morgan fingerprint density at radius 1 is 1.07 bits per heavy atom. The molecule has 0 aliphatic carbocycles. The molecule has 2 aliphatic heterocycles. The highest BCUT2D eigenvalue weighted by atomic mass is 16.1. The average molecular weight is 364 g/mol. The largest absolute Gasteiger partial charge is 0.379 e. The smallest absolute Gasteiger partial charge is 0.222 e. The maximum atomic E-state index is 12.4. The number of carbonyl (C=O) groups excluding carboxylic acids is 1. The molecule has 0 unspecified atom stereocenters. The molecule has 2 aromatic rings. The molecular formula is C23H29N3O. The standard InChI is InChI=1S/C23H29N3O/c1-17-7-8-20(18(2)13-17)16-26-11-9-23(10-12-26)14-22(27)24-15-19-5-3-4-6-21(19)25-23/h3-8,13,25H,9-12,14-16H2,1-2H3,(H,24,27).